The normalized spacial score (nSPS) is 16.6. The fourth-order valence-corrected chi connectivity index (χ4v) is 3.97. The van der Waals surface area contributed by atoms with Gasteiger partial charge < -0.3 is 5.32 Å². The summed E-state index contributed by atoms with van der Waals surface area (Å²) in [5.74, 6) is 0. The summed E-state index contributed by atoms with van der Waals surface area (Å²) in [6.07, 6.45) is 6.88. The quantitative estimate of drug-likeness (QED) is 0.724. The second-order valence-electron chi connectivity index (χ2n) is 5.55. The minimum atomic E-state index is 0.841. The van der Waals surface area contributed by atoms with E-state index in [9.17, 15) is 0 Å². The van der Waals surface area contributed by atoms with E-state index in [2.05, 4.69) is 36.2 Å². The average molecular weight is 280 g/mol. The van der Waals surface area contributed by atoms with Crippen LogP contribution in [0.4, 0.5) is 0 Å². The molecule has 1 fully saturated rings. The van der Waals surface area contributed by atoms with Gasteiger partial charge in [0, 0.05) is 28.9 Å². The van der Waals surface area contributed by atoms with Crippen LogP contribution in [0.2, 0.25) is 0 Å². The molecule has 0 amide bonds. The molecule has 1 heterocycles. The molecule has 1 N–H and O–H groups in total. The van der Waals surface area contributed by atoms with Gasteiger partial charge in [-0.1, -0.05) is 26.7 Å². The van der Waals surface area contributed by atoms with E-state index in [1.54, 1.807) is 0 Å². The van der Waals surface area contributed by atoms with Crippen molar-refractivity contribution < 1.29 is 0 Å². The lowest BCUT2D eigenvalue weighted by atomic mass is 10.2. The van der Waals surface area contributed by atoms with Gasteiger partial charge in [0.25, 0.3) is 0 Å². The van der Waals surface area contributed by atoms with E-state index in [4.69, 9.17) is 0 Å². The molecule has 0 radical (unpaired) electrons. The van der Waals surface area contributed by atoms with Gasteiger partial charge in [0.1, 0.15) is 0 Å². The van der Waals surface area contributed by atoms with Gasteiger partial charge in [-0.15, -0.1) is 11.3 Å². The van der Waals surface area contributed by atoms with E-state index in [0.717, 1.165) is 25.7 Å². The Kier molecular flexibility index (Phi) is 6.35. The van der Waals surface area contributed by atoms with Crippen molar-refractivity contribution in [3.05, 3.63) is 21.9 Å². The first-order valence-corrected chi connectivity index (χ1v) is 8.67. The number of nitrogens with one attached hydrogen (secondary N) is 1. The fourth-order valence-electron chi connectivity index (χ4n) is 2.96. The van der Waals surface area contributed by atoms with Crippen molar-refractivity contribution in [3.8, 4) is 0 Å². The molecule has 1 aromatic heterocycles. The number of hydrogen-bond acceptors (Lipinski definition) is 3. The SMILES string of the molecule is CCCNCc1ccc(CN(CC)C2CCCC2)s1. The van der Waals surface area contributed by atoms with Crippen LogP contribution in [0.5, 0.6) is 0 Å². The Morgan fingerprint density at radius 3 is 2.63 bits per heavy atom. The van der Waals surface area contributed by atoms with Crippen LogP contribution in [-0.2, 0) is 13.1 Å². The Balaban J connectivity index is 1.83. The maximum Gasteiger partial charge on any atom is 0.0330 e. The minimum Gasteiger partial charge on any atom is -0.312 e. The van der Waals surface area contributed by atoms with Gasteiger partial charge >= 0.3 is 0 Å². The van der Waals surface area contributed by atoms with E-state index in [-0.39, 0.29) is 0 Å². The smallest absolute Gasteiger partial charge is 0.0330 e. The molecule has 1 saturated carbocycles. The highest BCUT2D eigenvalue weighted by Crippen LogP contribution is 2.26. The van der Waals surface area contributed by atoms with Crippen LogP contribution in [0, 0.1) is 0 Å². The molecular formula is C16H28N2S. The number of nitrogens with zero attached hydrogens (tertiary/aromatic N) is 1. The van der Waals surface area contributed by atoms with Gasteiger partial charge in [0.15, 0.2) is 0 Å². The zero-order valence-corrected chi connectivity index (χ0v) is 13.3. The molecule has 1 aromatic rings. The monoisotopic (exact) mass is 280 g/mol. The van der Waals surface area contributed by atoms with E-state index in [1.807, 2.05) is 11.3 Å². The van der Waals surface area contributed by atoms with Crippen molar-refractivity contribution in [2.75, 3.05) is 13.1 Å². The highest BCUT2D eigenvalue weighted by Gasteiger charge is 2.21. The Bertz CT molecular complexity index is 355. The lowest BCUT2D eigenvalue weighted by Gasteiger charge is -2.26. The summed E-state index contributed by atoms with van der Waals surface area (Å²) in [5.41, 5.74) is 0. The van der Waals surface area contributed by atoms with Crippen molar-refractivity contribution in [2.24, 2.45) is 0 Å². The number of thiophene rings is 1. The van der Waals surface area contributed by atoms with Crippen LogP contribution in [0.25, 0.3) is 0 Å². The van der Waals surface area contributed by atoms with Gasteiger partial charge in [-0.05, 0) is 44.5 Å². The van der Waals surface area contributed by atoms with Crippen LogP contribution in [-0.4, -0.2) is 24.0 Å². The molecule has 0 bridgehead atoms. The maximum atomic E-state index is 3.48. The Labute approximate surface area is 122 Å². The van der Waals surface area contributed by atoms with E-state index < -0.39 is 0 Å². The van der Waals surface area contributed by atoms with E-state index in [1.165, 1.54) is 48.4 Å². The zero-order chi connectivity index (χ0) is 13.5. The van der Waals surface area contributed by atoms with E-state index >= 15 is 0 Å². The molecule has 1 aliphatic rings. The highest BCUT2D eigenvalue weighted by molar-refractivity contribution is 7.11. The first-order chi connectivity index (χ1) is 9.33. The molecule has 0 aromatic carbocycles. The molecule has 0 unspecified atom stereocenters. The first-order valence-electron chi connectivity index (χ1n) is 7.85. The van der Waals surface area contributed by atoms with Crippen molar-refractivity contribution in [1.29, 1.82) is 0 Å². The van der Waals surface area contributed by atoms with Crippen LogP contribution in [0.3, 0.4) is 0 Å². The van der Waals surface area contributed by atoms with Crippen LogP contribution in [0.15, 0.2) is 12.1 Å². The third kappa shape index (κ3) is 4.59. The first kappa shape index (κ1) is 15.0. The van der Waals surface area contributed by atoms with Gasteiger partial charge in [-0.25, -0.2) is 0 Å². The number of rotatable bonds is 8. The van der Waals surface area contributed by atoms with Crippen molar-refractivity contribution in [2.45, 2.75) is 65.1 Å². The zero-order valence-electron chi connectivity index (χ0n) is 12.5. The fraction of sp³-hybridized carbons (Fsp3) is 0.750. The topological polar surface area (TPSA) is 15.3 Å². The third-order valence-electron chi connectivity index (χ3n) is 4.05. The Morgan fingerprint density at radius 1 is 1.21 bits per heavy atom. The summed E-state index contributed by atoms with van der Waals surface area (Å²) in [6.45, 7) is 9.01. The van der Waals surface area contributed by atoms with Crippen LogP contribution >= 0.6 is 11.3 Å². The summed E-state index contributed by atoms with van der Waals surface area (Å²) in [6, 6.07) is 5.46. The predicted octanol–water partition coefficient (Wildman–Crippen LogP) is 4.01. The average Bonchev–Trinajstić information content (AvgIpc) is 3.07. The molecule has 2 nitrogen and oxygen atoms in total. The summed E-state index contributed by atoms with van der Waals surface area (Å²) < 4.78 is 0. The van der Waals surface area contributed by atoms with Crippen LogP contribution < -0.4 is 5.32 Å². The molecule has 0 spiro atoms. The van der Waals surface area contributed by atoms with Crippen molar-refractivity contribution in [1.82, 2.24) is 10.2 Å². The molecule has 0 atom stereocenters. The van der Waals surface area contributed by atoms with Gasteiger partial charge in [-0.3, -0.25) is 4.90 Å². The maximum absolute atomic E-state index is 3.48. The largest absolute Gasteiger partial charge is 0.312 e. The standard InChI is InChI=1S/C16H28N2S/c1-3-11-17-12-15-9-10-16(19-15)13-18(4-2)14-7-5-6-8-14/h9-10,14,17H,3-8,11-13H2,1-2H3. The van der Waals surface area contributed by atoms with Crippen molar-refractivity contribution in [3.63, 3.8) is 0 Å². The molecule has 3 heteroatoms. The second kappa shape index (κ2) is 8.03. The molecule has 0 aliphatic heterocycles. The Morgan fingerprint density at radius 2 is 1.95 bits per heavy atom. The van der Waals surface area contributed by atoms with Gasteiger partial charge in [0.05, 0.1) is 0 Å². The summed E-state index contributed by atoms with van der Waals surface area (Å²) >= 11 is 1.98. The van der Waals surface area contributed by atoms with E-state index in [0.29, 0.717) is 0 Å². The minimum absolute atomic E-state index is 0.841. The van der Waals surface area contributed by atoms with Gasteiger partial charge in [0.2, 0.25) is 0 Å². The third-order valence-corrected chi connectivity index (χ3v) is 5.12. The Hall–Kier alpha value is -0.380. The van der Waals surface area contributed by atoms with Gasteiger partial charge in [-0.2, -0.15) is 0 Å². The van der Waals surface area contributed by atoms with Crippen LogP contribution in [0.1, 0.15) is 55.7 Å². The lowest BCUT2D eigenvalue weighted by Crippen LogP contribution is -2.32. The molecule has 1 aliphatic carbocycles. The summed E-state index contributed by atoms with van der Waals surface area (Å²) in [7, 11) is 0. The second-order valence-corrected chi connectivity index (χ2v) is 6.80. The molecule has 108 valence electrons. The molecular weight excluding hydrogens is 252 g/mol. The molecule has 19 heavy (non-hydrogen) atoms. The highest BCUT2D eigenvalue weighted by atomic mass is 32.1. The molecule has 0 saturated heterocycles. The lowest BCUT2D eigenvalue weighted by molar-refractivity contribution is 0.202. The number of hydrogen-bond donors (Lipinski definition) is 1. The summed E-state index contributed by atoms with van der Waals surface area (Å²) in [5, 5.41) is 3.48. The summed E-state index contributed by atoms with van der Waals surface area (Å²) in [4.78, 5) is 5.68. The molecule has 2 rings (SSSR count). The van der Waals surface area contributed by atoms with Crippen molar-refractivity contribution >= 4 is 11.3 Å². The predicted molar refractivity (Wildman–Crippen MR) is 84.7 cm³/mol.